The highest BCUT2D eigenvalue weighted by atomic mass is 16.5. The average molecular weight is 249 g/mol. The number of morpholine rings is 1. The minimum atomic E-state index is -0.0314. The van der Waals surface area contributed by atoms with Crippen molar-refractivity contribution in [1.82, 2.24) is 9.97 Å². The molecule has 0 radical (unpaired) electrons. The zero-order chi connectivity index (χ0) is 13.3. The molecule has 2 rings (SSSR count). The summed E-state index contributed by atoms with van der Waals surface area (Å²) in [6.07, 6.45) is 0.303. The highest BCUT2D eigenvalue weighted by Gasteiger charge is 2.24. The van der Waals surface area contributed by atoms with E-state index in [0.29, 0.717) is 11.6 Å². The van der Waals surface area contributed by atoms with Crippen LogP contribution >= 0.6 is 0 Å². The van der Waals surface area contributed by atoms with Gasteiger partial charge in [0.25, 0.3) is 0 Å². The number of nitrogen functional groups attached to an aromatic ring is 1. The Morgan fingerprint density at radius 2 is 2.00 bits per heavy atom. The van der Waals surface area contributed by atoms with Crippen molar-refractivity contribution in [2.75, 3.05) is 18.0 Å². The van der Waals surface area contributed by atoms with E-state index >= 15 is 0 Å². The number of nitrogens with two attached hydrogens (primary N) is 1. The van der Waals surface area contributed by atoms with Crippen molar-refractivity contribution < 1.29 is 4.74 Å². The molecule has 0 spiro atoms. The fourth-order valence-electron chi connectivity index (χ4n) is 2.17. The molecule has 1 saturated heterocycles. The number of amidine groups is 1. The summed E-state index contributed by atoms with van der Waals surface area (Å²) in [4.78, 5) is 10.8. The molecule has 3 N–H and O–H groups in total. The predicted octanol–water partition coefficient (Wildman–Crippen LogP) is 0.683. The Morgan fingerprint density at radius 3 is 2.56 bits per heavy atom. The van der Waals surface area contributed by atoms with Crippen molar-refractivity contribution in [3.8, 4) is 0 Å². The molecule has 1 aliphatic heterocycles. The number of ether oxygens (including phenoxy) is 1. The van der Waals surface area contributed by atoms with Crippen molar-refractivity contribution in [2.24, 2.45) is 5.73 Å². The second-order valence-electron chi connectivity index (χ2n) is 4.77. The molecular weight excluding hydrogens is 230 g/mol. The first-order valence-electron chi connectivity index (χ1n) is 6.06. The van der Waals surface area contributed by atoms with Gasteiger partial charge in [0.2, 0.25) is 5.95 Å². The molecule has 1 aromatic rings. The van der Waals surface area contributed by atoms with E-state index in [-0.39, 0.29) is 18.0 Å². The maximum atomic E-state index is 7.47. The van der Waals surface area contributed by atoms with Gasteiger partial charge in [-0.05, 0) is 26.8 Å². The predicted molar refractivity (Wildman–Crippen MR) is 70.0 cm³/mol. The molecule has 6 nitrogen and oxygen atoms in total. The summed E-state index contributed by atoms with van der Waals surface area (Å²) in [5.74, 6) is 0.596. The molecule has 6 heteroatoms. The van der Waals surface area contributed by atoms with Gasteiger partial charge >= 0.3 is 0 Å². The van der Waals surface area contributed by atoms with Gasteiger partial charge in [0, 0.05) is 18.8 Å². The molecule has 1 aliphatic rings. The summed E-state index contributed by atoms with van der Waals surface area (Å²) in [6, 6.07) is 1.72. The SMILES string of the molecule is Cc1cc(C(=N)N)nc(N2CC(C)OC(C)C2)n1. The summed E-state index contributed by atoms with van der Waals surface area (Å²) >= 11 is 0. The first-order valence-corrected chi connectivity index (χ1v) is 6.06. The standard InChI is InChI=1S/C12H19N5O/c1-7-4-10(11(13)14)16-12(15-7)17-5-8(2)18-9(3)6-17/h4,8-9H,5-6H2,1-3H3,(H3,13,14). The molecule has 0 amide bonds. The van der Waals surface area contributed by atoms with Gasteiger partial charge in [0.1, 0.15) is 11.5 Å². The molecule has 98 valence electrons. The Kier molecular flexibility index (Phi) is 3.47. The van der Waals surface area contributed by atoms with Crippen LogP contribution in [0.1, 0.15) is 25.2 Å². The van der Waals surface area contributed by atoms with E-state index in [1.165, 1.54) is 0 Å². The van der Waals surface area contributed by atoms with Gasteiger partial charge in [-0.15, -0.1) is 0 Å². The maximum Gasteiger partial charge on any atom is 0.226 e. The number of anilines is 1. The van der Waals surface area contributed by atoms with Crippen molar-refractivity contribution in [2.45, 2.75) is 33.0 Å². The van der Waals surface area contributed by atoms with Gasteiger partial charge in [-0.1, -0.05) is 0 Å². The minimum absolute atomic E-state index is 0.0314. The number of hydrogen-bond donors (Lipinski definition) is 2. The smallest absolute Gasteiger partial charge is 0.226 e. The Balaban J connectivity index is 2.29. The third-order valence-electron chi connectivity index (χ3n) is 2.82. The quantitative estimate of drug-likeness (QED) is 0.594. The van der Waals surface area contributed by atoms with Crippen LogP contribution in [0.3, 0.4) is 0 Å². The fraction of sp³-hybridized carbons (Fsp3) is 0.583. The van der Waals surface area contributed by atoms with Crippen LogP contribution in [0.2, 0.25) is 0 Å². The molecule has 18 heavy (non-hydrogen) atoms. The van der Waals surface area contributed by atoms with Gasteiger partial charge in [0.15, 0.2) is 0 Å². The molecule has 0 saturated carbocycles. The van der Waals surface area contributed by atoms with Gasteiger partial charge in [-0.25, -0.2) is 9.97 Å². The molecule has 1 fully saturated rings. The average Bonchev–Trinajstić information content (AvgIpc) is 2.26. The van der Waals surface area contributed by atoms with Gasteiger partial charge in [-0.2, -0.15) is 0 Å². The number of hydrogen-bond acceptors (Lipinski definition) is 5. The normalized spacial score (nSPS) is 24.1. The number of nitrogens with one attached hydrogen (secondary N) is 1. The van der Waals surface area contributed by atoms with E-state index in [4.69, 9.17) is 15.9 Å². The van der Waals surface area contributed by atoms with Crippen LogP contribution in [-0.2, 0) is 4.74 Å². The Hall–Kier alpha value is -1.69. The molecule has 2 unspecified atom stereocenters. The summed E-state index contributed by atoms with van der Waals surface area (Å²) < 4.78 is 5.68. The first-order chi connectivity index (χ1) is 8.45. The van der Waals surface area contributed by atoms with Crippen molar-refractivity contribution in [3.05, 3.63) is 17.5 Å². The van der Waals surface area contributed by atoms with Crippen LogP contribution < -0.4 is 10.6 Å². The van der Waals surface area contributed by atoms with Crippen molar-refractivity contribution in [1.29, 1.82) is 5.41 Å². The highest BCUT2D eigenvalue weighted by Crippen LogP contribution is 2.17. The summed E-state index contributed by atoms with van der Waals surface area (Å²) in [5, 5.41) is 7.47. The Bertz CT molecular complexity index is 452. The summed E-state index contributed by atoms with van der Waals surface area (Å²) in [7, 11) is 0. The minimum Gasteiger partial charge on any atom is -0.382 e. The highest BCUT2D eigenvalue weighted by molar-refractivity contribution is 5.93. The fourth-order valence-corrected chi connectivity index (χ4v) is 2.17. The monoisotopic (exact) mass is 249 g/mol. The van der Waals surface area contributed by atoms with E-state index in [1.54, 1.807) is 6.07 Å². The van der Waals surface area contributed by atoms with Crippen LogP contribution in [0.25, 0.3) is 0 Å². The van der Waals surface area contributed by atoms with Crippen LogP contribution in [0.5, 0.6) is 0 Å². The topological polar surface area (TPSA) is 88.1 Å². The second-order valence-corrected chi connectivity index (χ2v) is 4.77. The van der Waals surface area contributed by atoms with Crippen molar-refractivity contribution in [3.63, 3.8) is 0 Å². The lowest BCUT2D eigenvalue weighted by Crippen LogP contribution is -2.46. The molecule has 2 atom stereocenters. The van der Waals surface area contributed by atoms with E-state index < -0.39 is 0 Å². The molecule has 0 aromatic carbocycles. The molecule has 0 bridgehead atoms. The van der Waals surface area contributed by atoms with Crippen LogP contribution in [0.15, 0.2) is 6.07 Å². The lowest BCUT2D eigenvalue weighted by Gasteiger charge is -2.35. The van der Waals surface area contributed by atoms with Crippen LogP contribution in [0, 0.1) is 12.3 Å². The Labute approximate surface area is 107 Å². The largest absolute Gasteiger partial charge is 0.382 e. The zero-order valence-electron chi connectivity index (χ0n) is 11.0. The van der Waals surface area contributed by atoms with E-state index in [2.05, 4.69) is 14.9 Å². The number of aryl methyl sites for hydroxylation is 1. The number of rotatable bonds is 2. The van der Waals surface area contributed by atoms with Crippen LogP contribution in [-0.4, -0.2) is 41.1 Å². The molecule has 0 aliphatic carbocycles. The van der Waals surface area contributed by atoms with E-state index in [1.807, 2.05) is 20.8 Å². The summed E-state index contributed by atoms with van der Waals surface area (Å²) in [6.45, 7) is 7.45. The van der Waals surface area contributed by atoms with Gasteiger partial charge in [-0.3, -0.25) is 5.41 Å². The zero-order valence-corrected chi connectivity index (χ0v) is 11.0. The summed E-state index contributed by atoms with van der Waals surface area (Å²) in [5.41, 5.74) is 6.78. The third kappa shape index (κ3) is 2.76. The first kappa shape index (κ1) is 12.8. The molecule has 2 heterocycles. The van der Waals surface area contributed by atoms with Gasteiger partial charge in [0.05, 0.1) is 12.2 Å². The van der Waals surface area contributed by atoms with Gasteiger partial charge < -0.3 is 15.4 Å². The molecular formula is C12H19N5O. The lowest BCUT2D eigenvalue weighted by molar-refractivity contribution is -0.00573. The van der Waals surface area contributed by atoms with Crippen LogP contribution in [0.4, 0.5) is 5.95 Å². The lowest BCUT2D eigenvalue weighted by atomic mass is 10.2. The van der Waals surface area contributed by atoms with E-state index in [0.717, 1.165) is 18.8 Å². The molecule has 1 aromatic heterocycles. The number of nitrogens with zero attached hydrogens (tertiary/aromatic N) is 3. The Morgan fingerprint density at radius 1 is 1.39 bits per heavy atom. The maximum absolute atomic E-state index is 7.47. The van der Waals surface area contributed by atoms with Crippen molar-refractivity contribution >= 4 is 11.8 Å². The van der Waals surface area contributed by atoms with E-state index in [9.17, 15) is 0 Å². The number of aromatic nitrogens is 2. The third-order valence-corrected chi connectivity index (χ3v) is 2.82. The second kappa shape index (κ2) is 4.89.